The number of sulfonamides is 1. The Balaban J connectivity index is 1.47. The molecule has 0 spiro atoms. The molecule has 1 saturated carbocycles. The van der Waals surface area contributed by atoms with E-state index < -0.39 is 10.0 Å². The van der Waals surface area contributed by atoms with E-state index in [1.54, 1.807) is 23.3 Å². The van der Waals surface area contributed by atoms with Crippen molar-refractivity contribution in [1.82, 2.24) is 10.2 Å². The summed E-state index contributed by atoms with van der Waals surface area (Å²) in [5.41, 5.74) is 1.64. The second kappa shape index (κ2) is 7.37. The molecule has 0 saturated heterocycles. The van der Waals surface area contributed by atoms with Crippen molar-refractivity contribution in [2.45, 2.75) is 31.1 Å². The number of hydrogen-bond acceptors (Lipinski definition) is 4. The van der Waals surface area contributed by atoms with E-state index in [9.17, 15) is 13.2 Å². The third-order valence-corrected chi connectivity index (χ3v) is 7.11. The van der Waals surface area contributed by atoms with Crippen molar-refractivity contribution in [2.24, 2.45) is 4.40 Å². The number of rotatable bonds is 4. The zero-order valence-electron chi connectivity index (χ0n) is 15.4. The third kappa shape index (κ3) is 3.86. The maximum absolute atomic E-state index is 12.7. The van der Waals surface area contributed by atoms with Crippen LogP contribution in [-0.2, 0) is 20.2 Å². The van der Waals surface area contributed by atoms with Gasteiger partial charge in [0.25, 0.3) is 15.9 Å². The van der Waals surface area contributed by atoms with Gasteiger partial charge in [0.2, 0.25) is 0 Å². The predicted molar refractivity (Wildman–Crippen MR) is 110 cm³/mol. The fraction of sp³-hybridized carbons (Fsp3) is 0.400. The Labute approximate surface area is 170 Å². The zero-order chi connectivity index (χ0) is 19.8. The summed E-state index contributed by atoms with van der Waals surface area (Å²) < 4.78 is 26.9. The molecule has 1 aromatic carbocycles. The maximum Gasteiger partial charge on any atom is 0.256 e. The number of nitrogens with zero attached hydrogens (tertiary/aromatic N) is 2. The van der Waals surface area contributed by atoms with Gasteiger partial charge in [-0.3, -0.25) is 4.79 Å². The van der Waals surface area contributed by atoms with Crippen LogP contribution in [0, 0.1) is 0 Å². The minimum absolute atomic E-state index is 0.0462. The summed E-state index contributed by atoms with van der Waals surface area (Å²) in [6.45, 7) is 0.866. The molecule has 1 N–H and O–H groups in total. The molecule has 1 aliphatic carbocycles. The summed E-state index contributed by atoms with van der Waals surface area (Å²) in [7, 11) is -3.40. The van der Waals surface area contributed by atoms with Crippen molar-refractivity contribution in [3.05, 3.63) is 58.8 Å². The van der Waals surface area contributed by atoms with Crippen LogP contribution in [0.4, 0.5) is 0 Å². The smallest absolute Gasteiger partial charge is 0.256 e. The number of halogens is 1. The molecule has 2 aliphatic heterocycles. The summed E-state index contributed by atoms with van der Waals surface area (Å²) in [4.78, 5) is 14.5. The molecule has 4 rings (SSSR count). The molecule has 0 aromatic heterocycles. The number of amidine groups is 1. The van der Waals surface area contributed by atoms with Crippen molar-refractivity contribution in [1.29, 1.82) is 0 Å². The van der Waals surface area contributed by atoms with Gasteiger partial charge in [-0.1, -0.05) is 36.6 Å². The molecular weight excluding hydrogens is 398 g/mol. The van der Waals surface area contributed by atoms with E-state index >= 15 is 0 Å². The maximum atomic E-state index is 12.7. The Morgan fingerprint density at radius 3 is 2.61 bits per heavy atom. The first-order valence-corrected chi connectivity index (χ1v) is 11.4. The van der Waals surface area contributed by atoms with Gasteiger partial charge in [0.05, 0.1) is 11.3 Å². The molecule has 28 heavy (non-hydrogen) atoms. The van der Waals surface area contributed by atoms with Crippen molar-refractivity contribution < 1.29 is 13.2 Å². The fourth-order valence-corrected chi connectivity index (χ4v) is 5.20. The lowest BCUT2D eigenvalue weighted by atomic mass is 9.79. The lowest BCUT2D eigenvalue weighted by molar-refractivity contribution is -0.117. The van der Waals surface area contributed by atoms with Crippen molar-refractivity contribution in [2.75, 3.05) is 18.8 Å². The lowest BCUT2D eigenvalue weighted by Gasteiger charge is -2.31. The highest BCUT2D eigenvalue weighted by Gasteiger charge is 2.36. The van der Waals surface area contributed by atoms with E-state index in [-0.39, 0.29) is 17.1 Å². The largest absolute Gasteiger partial charge is 0.351 e. The van der Waals surface area contributed by atoms with E-state index in [0.717, 1.165) is 25.7 Å². The van der Waals surface area contributed by atoms with E-state index in [1.165, 1.54) is 5.56 Å². The third-order valence-electron chi connectivity index (χ3n) is 5.69. The molecular formula is C20H22ClN3O3S. The SMILES string of the molecule is O=C(NCC1(c2ccc(Cl)cc2)CCCC1)C1=CN2CCS(=O)(=O)N=C2C=C1. The van der Waals surface area contributed by atoms with Crippen molar-refractivity contribution in [3.8, 4) is 0 Å². The first kappa shape index (κ1) is 19.2. The summed E-state index contributed by atoms with van der Waals surface area (Å²) >= 11 is 6.03. The fourth-order valence-electron chi connectivity index (χ4n) is 4.11. The van der Waals surface area contributed by atoms with Crippen LogP contribution in [0.5, 0.6) is 0 Å². The van der Waals surface area contributed by atoms with Gasteiger partial charge in [-0.15, -0.1) is 4.40 Å². The van der Waals surface area contributed by atoms with Crippen molar-refractivity contribution >= 4 is 33.4 Å². The topological polar surface area (TPSA) is 78.8 Å². The molecule has 6 nitrogen and oxygen atoms in total. The Kier molecular flexibility index (Phi) is 5.05. The minimum Gasteiger partial charge on any atom is -0.351 e. The summed E-state index contributed by atoms with van der Waals surface area (Å²) in [5.74, 6) is 0.148. The number of benzene rings is 1. The Morgan fingerprint density at radius 2 is 1.89 bits per heavy atom. The second-order valence-electron chi connectivity index (χ2n) is 7.52. The minimum atomic E-state index is -3.40. The normalized spacial score (nSPS) is 22.2. The standard InChI is InChI=1S/C20H22ClN3O3S/c21-17-6-4-16(5-7-17)20(9-1-2-10-20)14-22-19(25)15-3-8-18-23-28(26,27)12-11-24(18)13-15/h3-8,13H,1-2,9-12,14H2,(H,22,25). The van der Waals surface area contributed by atoms with Crippen LogP contribution in [0.2, 0.25) is 5.02 Å². The van der Waals surface area contributed by atoms with E-state index in [1.807, 2.05) is 12.1 Å². The van der Waals surface area contributed by atoms with Gasteiger partial charge in [-0.25, -0.2) is 8.42 Å². The average Bonchev–Trinajstić information content (AvgIpc) is 3.16. The molecule has 3 aliphatic rings. The van der Waals surface area contributed by atoms with Gasteiger partial charge < -0.3 is 10.2 Å². The highest BCUT2D eigenvalue weighted by Crippen LogP contribution is 2.41. The first-order chi connectivity index (χ1) is 13.4. The molecule has 2 heterocycles. The number of carbonyl (C=O) groups is 1. The highest BCUT2D eigenvalue weighted by molar-refractivity contribution is 7.90. The molecule has 8 heteroatoms. The van der Waals surface area contributed by atoms with Crippen LogP contribution in [0.1, 0.15) is 31.2 Å². The Hall–Kier alpha value is -2.12. The molecule has 0 radical (unpaired) electrons. The number of nitrogens with one attached hydrogen (secondary N) is 1. The van der Waals surface area contributed by atoms with Gasteiger partial charge in [-0.2, -0.15) is 0 Å². The van der Waals surface area contributed by atoms with Crippen LogP contribution in [0.15, 0.2) is 52.6 Å². The van der Waals surface area contributed by atoms with Crippen LogP contribution >= 0.6 is 11.6 Å². The molecule has 1 aromatic rings. The number of fused-ring (bicyclic) bond motifs is 1. The average molecular weight is 420 g/mol. The molecule has 0 unspecified atom stereocenters. The van der Waals surface area contributed by atoms with Gasteiger partial charge in [-0.05, 0) is 42.7 Å². The molecule has 0 bridgehead atoms. The summed E-state index contributed by atoms with van der Waals surface area (Å²) in [5, 5.41) is 3.79. The van der Waals surface area contributed by atoms with Gasteiger partial charge in [0.1, 0.15) is 5.84 Å². The van der Waals surface area contributed by atoms with Crippen LogP contribution < -0.4 is 5.32 Å². The van der Waals surface area contributed by atoms with E-state index in [2.05, 4.69) is 21.8 Å². The van der Waals surface area contributed by atoms with Crippen LogP contribution in [0.3, 0.4) is 0 Å². The van der Waals surface area contributed by atoms with E-state index in [4.69, 9.17) is 11.6 Å². The molecule has 1 fully saturated rings. The second-order valence-corrected chi connectivity index (χ2v) is 9.71. The Bertz CT molecular complexity index is 974. The van der Waals surface area contributed by atoms with Gasteiger partial charge in [0.15, 0.2) is 0 Å². The number of hydrogen-bond donors (Lipinski definition) is 1. The Morgan fingerprint density at radius 1 is 1.18 bits per heavy atom. The quantitative estimate of drug-likeness (QED) is 0.813. The number of carbonyl (C=O) groups excluding carboxylic acids is 1. The summed E-state index contributed by atoms with van der Waals surface area (Å²) in [6.07, 6.45) is 9.22. The first-order valence-electron chi connectivity index (χ1n) is 9.40. The number of amides is 1. The molecule has 1 amide bonds. The molecule has 148 valence electrons. The van der Waals surface area contributed by atoms with Gasteiger partial charge in [0, 0.05) is 29.7 Å². The zero-order valence-corrected chi connectivity index (χ0v) is 17.0. The van der Waals surface area contributed by atoms with Crippen LogP contribution in [-0.4, -0.2) is 43.9 Å². The molecule has 0 atom stereocenters. The van der Waals surface area contributed by atoms with Gasteiger partial charge >= 0.3 is 0 Å². The van der Waals surface area contributed by atoms with Crippen LogP contribution in [0.25, 0.3) is 0 Å². The lowest BCUT2D eigenvalue weighted by Crippen LogP contribution is -2.41. The monoisotopic (exact) mass is 419 g/mol. The van der Waals surface area contributed by atoms with E-state index in [0.29, 0.717) is 29.5 Å². The highest BCUT2D eigenvalue weighted by atomic mass is 35.5. The predicted octanol–water partition coefficient (Wildman–Crippen LogP) is 2.77. The summed E-state index contributed by atoms with van der Waals surface area (Å²) in [6, 6.07) is 7.90. The van der Waals surface area contributed by atoms with Crippen molar-refractivity contribution in [3.63, 3.8) is 0 Å².